The summed E-state index contributed by atoms with van der Waals surface area (Å²) >= 11 is 1.45. The van der Waals surface area contributed by atoms with Gasteiger partial charge in [0.15, 0.2) is 5.13 Å². The summed E-state index contributed by atoms with van der Waals surface area (Å²) in [5.41, 5.74) is 2.35. The second kappa shape index (κ2) is 6.21. The summed E-state index contributed by atoms with van der Waals surface area (Å²) in [7, 11) is 3.40. The summed E-state index contributed by atoms with van der Waals surface area (Å²) in [4.78, 5) is 17.7. The van der Waals surface area contributed by atoms with Gasteiger partial charge < -0.3 is 4.74 Å². The number of amides is 1. The lowest BCUT2D eigenvalue weighted by Gasteiger charge is -2.01. The van der Waals surface area contributed by atoms with Crippen LogP contribution in [0.3, 0.4) is 0 Å². The molecule has 3 rings (SSSR count). The van der Waals surface area contributed by atoms with E-state index < -0.39 is 0 Å². The molecule has 23 heavy (non-hydrogen) atoms. The third-order valence-corrected chi connectivity index (χ3v) is 4.23. The molecule has 7 heteroatoms. The Labute approximate surface area is 137 Å². The number of rotatable bonds is 4. The van der Waals surface area contributed by atoms with E-state index in [1.807, 2.05) is 31.2 Å². The average molecular weight is 328 g/mol. The topological polar surface area (TPSA) is 69.0 Å². The van der Waals surface area contributed by atoms with Crippen LogP contribution in [0.2, 0.25) is 0 Å². The predicted octanol–water partition coefficient (Wildman–Crippen LogP) is 3.11. The van der Waals surface area contributed by atoms with Crippen molar-refractivity contribution in [3.8, 4) is 17.0 Å². The molecule has 0 spiro atoms. The molecular weight excluding hydrogens is 312 g/mol. The molecule has 0 aliphatic carbocycles. The van der Waals surface area contributed by atoms with Gasteiger partial charge in [-0.3, -0.25) is 14.8 Å². The van der Waals surface area contributed by atoms with Gasteiger partial charge in [-0.2, -0.15) is 5.10 Å². The molecule has 6 nitrogen and oxygen atoms in total. The van der Waals surface area contributed by atoms with Crippen molar-refractivity contribution in [3.05, 3.63) is 47.1 Å². The van der Waals surface area contributed by atoms with E-state index in [9.17, 15) is 4.79 Å². The van der Waals surface area contributed by atoms with Crippen molar-refractivity contribution in [2.24, 2.45) is 7.05 Å². The number of aromatic nitrogens is 3. The van der Waals surface area contributed by atoms with E-state index in [0.717, 1.165) is 21.9 Å². The van der Waals surface area contributed by atoms with Crippen LogP contribution in [0.1, 0.15) is 15.2 Å². The molecule has 3 aromatic rings. The molecule has 1 N–H and O–H groups in total. The van der Waals surface area contributed by atoms with Gasteiger partial charge in [-0.15, -0.1) is 11.3 Å². The summed E-state index contributed by atoms with van der Waals surface area (Å²) in [5, 5.41) is 7.38. The SMILES string of the molecule is COc1ccc(-c2nc(NC(=O)c3cnn(C)c3)sc2C)cc1. The van der Waals surface area contributed by atoms with Gasteiger partial charge >= 0.3 is 0 Å². The summed E-state index contributed by atoms with van der Waals surface area (Å²) in [6.45, 7) is 1.98. The van der Waals surface area contributed by atoms with Crippen LogP contribution in [0.4, 0.5) is 5.13 Å². The Kier molecular flexibility index (Phi) is 4.12. The van der Waals surface area contributed by atoms with Gasteiger partial charge in [-0.05, 0) is 31.2 Å². The van der Waals surface area contributed by atoms with Crippen LogP contribution in [0.5, 0.6) is 5.75 Å². The lowest BCUT2D eigenvalue weighted by atomic mass is 10.1. The zero-order valence-electron chi connectivity index (χ0n) is 13.0. The normalized spacial score (nSPS) is 10.6. The predicted molar refractivity (Wildman–Crippen MR) is 90.0 cm³/mol. The van der Waals surface area contributed by atoms with Crippen molar-refractivity contribution >= 4 is 22.4 Å². The van der Waals surface area contributed by atoms with E-state index in [1.165, 1.54) is 17.5 Å². The highest BCUT2D eigenvalue weighted by molar-refractivity contribution is 7.16. The van der Waals surface area contributed by atoms with Crippen LogP contribution in [0.25, 0.3) is 11.3 Å². The first kappa shape index (κ1) is 15.2. The Morgan fingerprint density at radius 3 is 2.65 bits per heavy atom. The first-order valence-electron chi connectivity index (χ1n) is 6.98. The summed E-state index contributed by atoms with van der Waals surface area (Å²) in [6.07, 6.45) is 3.19. The molecular formula is C16H16N4O2S. The Morgan fingerprint density at radius 2 is 2.04 bits per heavy atom. The second-order valence-electron chi connectivity index (χ2n) is 5.01. The van der Waals surface area contributed by atoms with Gasteiger partial charge in [-0.25, -0.2) is 4.98 Å². The average Bonchev–Trinajstić information content (AvgIpc) is 3.13. The molecule has 118 valence electrons. The molecule has 0 fully saturated rings. The molecule has 0 atom stereocenters. The van der Waals surface area contributed by atoms with E-state index in [0.29, 0.717) is 10.7 Å². The van der Waals surface area contributed by atoms with Crippen LogP contribution >= 0.6 is 11.3 Å². The van der Waals surface area contributed by atoms with E-state index in [4.69, 9.17) is 4.74 Å². The molecule has 2 heterocycles. The minimum Gasteiger partial charge on any atom is -0.497 e. The van der Waals surface area contributed by atoms with Crippen LogP contribution in [-0.4, -0.2) is 27.8 Å². The first-order valence-corrected chi connectivity index (χ1v) is 7.80. The summed E-state index contributed by atoms with van der Waals surface area (Å²) in [5.74, 6) is 0.583. The number of carbonyl (C=O) groups is 1. The van der Waals surface area contributed by atoms with Crippen LogP contribution in [0.15, 0.2) is 36.7 Å². The smallest absolute Gasteiger partial charge is 0.260 e. The van der Waals surface area contributed by atoms with Crippen LogP contribution in [-0.2, 0) is 7.05 Å². The number of nitrogens with zero attached hydrogens (tertiary/aromatic N) is 3. The zero-order chi connectivity index (χ0) is 16.4. The quantitative estimate of drug-likeness (QED) is 0.799. The van der Waals surface area contributed by atoms with Crippen LogP contribution in [0, 0.1) is 6.92 Å². The fourth-order valence-corrected chi connectivity index (χ4v) is 3.01. The number of anilines is 1. The monoisotopic (exact) mass is 328 g/mol. The number of hydrogen-bond donors (Lipinski definition) is 1. The number of methoxy groups -OCH3 is 1. The number of benzene rings is 1. The minimum atomic E-state index is -0.215. The third-order valence-electron chi connectivity index (χ3n) is 3.35. The van der Waals surface area contributed by atoms with Crippen LogP contribution < -0.4 is 10.1 Å². The summed E-state index contributed by atoms with van der Waals surface area (Å²) < 4.78 is 6.75. The molecule has 0 unspecified atom stereocenters. The number of ether oxygens (including phenoxy) is 1. The van der Waals surface area contributed by atoms with Gasteiger partial charge in [0.25, 0.3) is 5.91 Å². The van der Waals surface area contributed by atoms with Crippen molar-refractivity contribution in [1.29, 1.82) is 0 Å². The van der Waals surface area contributed by atoms with E-state index in [2.05, 4.69) is 15.4 Å². The number of carbonyl (C=O) groups excluding carboxylic acids is 1. The van der Waals surface area contributed by atoms with E-state index >= 15 is 0 Å². The maximum Gasteiger partial charge on any atom is 0.260 e. The van der Waals surface area contributed by atoms with Gasteiger partial charge in [0.2, 0.25) is 0 Å². The second-order valence-corrected chi connectivity index (χ2v) is 6.21. The highest BCUT2D eigenvalue weighted by atomic mass is 32.1. The molecule has 0 radical (unpaired) electrons. The van der Waals surface area contributed by atoms with Gasteiger partial charge in [0.05, 0.1) is 24.6 Å². The largest absolute Gasteiger partial charge is 0.497 e. The van der Waals surface area contributed by atoms with E-state index in [-0.39, 0.29) is 5.91 Å². The lowest BCUT2D eigenvalue weighted by molar-refractivity contribution is 0.102. The van der Waals surface area contributed by atoms with Gasteiger partial charge in [-0.1, -0.05) is 0 Å². The van der Waals surface area contributed by atoms with E-state index in [1.54, 1.807) is 25.0 Å². The highest BCUT2D eigenvalue weighted by Gasteiger charge is 2.14. The molecule has 0 aliphatic heterocycles. The molecule has 1 amide bonds. The van der Waals surface area contributed by atoms with Gasteiger partial charge in [0, 0.05) is 23.7 Å². The number of thiazole rings is 1. The molecule has 0 saturated heterocycles. The fourth-order valence-electron chi connectivity index (χ4n) is 2.17. The Hall–Kier alpha value is -2.67. The number of aryl methyl sites for hydroxylation is 2. The zero-order valence-corrected chi connectivity index (χ0v) is 13.8. The van der Waals surface area contributed by atoms with Gasteiger partial charge in [0.1, 0.15) is 5.75 Å². The third kappa shape index (κ3) is 3.24. The van der Waals surface area contributed by atoms with Crippen molar-refractivity contribution < 1.29 is 9.53 Å². The molecule has 0 aliphatic rings. The number of nitrogens with one attached hydrogen (secondary N) is 1. The summed E-state index contributed by atoms with van der Waals surface area (Å²) in [6, 6.07) is 7.69. The van der Waals surface area contributed by atoms with Crippen molar-refractivity contribution in [2.75, 3.05) is 12.4 Å². The maximum atomic E-state index is 12.2. The highest BCUT2D eigenvalue weighted by Crippen LogP contribution is 2.31. The Bertz CT molecular complexity index is 836. The minimum absolute atomic E-state index is 0.215. The standard InChI is InChI=1S/C16H16N4O2S/c1-10-14(11-4-6-13(22-3)7-5-11)18-16(23-10)19-15(21)12-8-17-20(2)9-12/h4-9H,1-3H3,(H,18,19,21). The molecule has 0 saturated carbocycles. The maximum absolute atomic E-state index is 12.2. The lowest BCUT2D eigenvalue weighted by Crippen LogP contribution is -2.10. The van der Waals surface area contributed by atoms with Crippen molar-refractivity contribution in [2.45, 2.75) is 6.92 Å². The number of hydrogen-bond acceptors (Lipinski definition) is 5. The fraction of sp³-hybridized carbons (Fsp3) is 0.188. The molecule has 1 aromatic carbocycles. The molecule has 0 bridgehead atoms. The first-order chi connectivity index (χ1) is 11.1. The van der Waals surface area contributed by atoms with Crippen molar-refractivity contribution in [3.63, 3.8) is 0 Å². The molecule has 2 aromatic heterocycles. The Morgan fingerprint density at radius 1 is 1.30 bits per heavy atom. The Balaban J connectivity index is 1.81. The van der Waals surface area contributed by atoms with Crippen molar-refractivity contribution in [1.82, 2.24) is 14.8 Å².